The van der Waals surface area contributed by atoms with Gasteiger partial charge in [-0.05, 0) is 41.7 Å². The summed E-state index contributed by atoms with van der Waals surface area (Å²) in [6, 6.07) is 5.64. The molecule has 1 aromatic rings. The van der Waals surface area contributed by atoms with Crippen LogP contribution < -0.4 is 11.1 Å². The normalized spacial score (nSPS) is 17.2. The standard InChI is InChI=1S/C14H14N2O/c15-14(17)11-5-4-10-6-9-2-1-3-12(9)8-16-13(10)7-11/h1-2,4-5,7,16H,3,6,8H2,(H2,15,17). The van der Waals surface area contributed by atoms with Gasteiger partial charge in [0, 0.05) is 17.8 Å². The second-order valence-electron chi connectivity index (χ2n) is 4.50. The molecule has 3 heteroatoms. The van der Waals surface area contributed by atoms with E-state index in [0.717, 1.165) is 25.1 Å². The zero-order valence-electron chi connectivity index (χ0n) is 9.49. The first-order valence-electron chi connectivity index (χ1n) is 5.78. The Bertz CT molecular complexity index is 555. The molecule has 1 heterocycles. The van der Waals surface area contributed by atoms with Crippen LogP contribution in [0.25, 0.3) is 0 Å². The van der Waals surface area contributed by atoms with Gasteiger partial charge in [-0.1, -0.05) is 18.2 Å². The Labute approximate surface area is 100 Å². The first-order valence-corrected chi connectivity index (χ1v) is 5.78. The van der Waals surface area contributed by atoms with Gasteiger partial charge in [0.25, 0.3) is 0 Å². The largest absolute Gasteiger partial charge is 0.381 e. The SMILES string of the molecule is NC(=O)c1ccc2c(c1)NCC1=C(C=CC1)C2. The molecule has 0 atom stereocenters. The maximum absolute atomic E-state index is 11.1. The average Bonchev–Trinajstić information content (AvgIpc) is 2.68. The Morgan fingerprint density at radius 1 is 1.35 bits per heavy atom. The van der Waals surface area contributed by atoms with Gasteiger partial charge in [0.2, 0.25) is 5.91 Å². The molecule has 0 fully saturated rings. The molecule has 0 spiro atoms. The number of carbonyl (C=O) groups is 1. The van der Waals surface area contributed by atoms with Crippen molar-refractivity contribution in [3.05, 3.63) is 52.6 Å². The predicted molar refractivity (Wildman–Crippen MR) is 67.9 cm³/mol. The molecule has 17 heavy (non-hydrogen) atoms. The lowest BCUT2D eigenvalue weighted by molar-refractivity contribution is 0.100. The highest BCUT2D eigenvalue weighted by molar-refractivity contribution is 5.94. The van der Waals surface area contributed by atoms with Crippen LogP contribution in [0.15, 0.2) is 41.5 Å². The van der Waals surface area contributed by atoms with E-state index in [2.05, 4.69) is 17.5 Å². The van der Waals surface area contributed by atoms with Gasteiger partial charge in [-0.3, -0.25) is 4.79 Å². The minimum Gasteiger partial charge on any atom is -0.381 e. The number of carbonyl (C=O) groups excluding carboxylic acids is 1. The molecule has 0 aromatic heterocycles. The zero-order chi connectivity index (χ0) is 11.8. The number of rotatable bonds is 1. The van der Waals surface area contributed by atoms with Gasteiger partial charge in [-0.25, -0.2) is 0 Å². The number of benzene rings is 1. The van der Waals surface area contributed by atoms with Crippen molar-refractivity contribution in [3.8, 4) is 0 Å². The summed E-state index contributed by atoms with van der Waals surface area (Å²) in [7, 11) is 0. The Balaban J connectivity index is 1.99. The number of allylic oxidation sites excluding steroid dienone is 3. The van der Waals surface area contributed by atoms with Crippen LogP contribution in [-0.4, -0.2) is 12.5 Å². The number of fused-ring (bicyclic) bond motifs is 1. The Kier molecular flexibility index (Phi) is 2.25. The van der Waals surface area contributed by atoms with Crippen LogP contribution in [-0.2, 0) is 6.42 Å². The van der Waals surface area contributed by atoms with Crippen molar-refractivity contribution in [1.29, 1.82) is 0 Å². The van der Waals surface area contributed by atoms with Crippen molar-refractivity contribution in [1.82, 2.24) is 0 Å². The molecule has 2 aliphatic rings. The van der Waals surface area contributed by atoms with E-state index in [9.17, 15) is 4.79 Å². The number of hydrogen-bond donors (Lipinski definition) is 2. The van der Waals surface area contributed by atoms with Crippen LogP contribution >= 0.6 is 0 Å². The van der Waals surface area contributed by atoms with Crippen molar-refractivity contribution in [2.45, 2.75) is 12.8 Å². The molecular formula is C14H14N2O. The minimum atomic E-state index is -0.376. The summed E-state index contributed by atoms with van der Waals surface area (Å²) in [5.41, 5.74) is 11.0. The monoisotopic (exact) mass is 226 g/mol. The first-order chi connectivity index (χ1) is 8.24. The molecule has 0 saturated carbocycles. The molecule has 3 nitrogen and oxygen atoms in total. The maximum atomic E-state index is 11.1. The van der Waals surface area contributed by atoms with Crippen LogP contribution in [0.4, 0.5) is 5.69 Å². The van der Waals surface area contributed by atoms with Crippen LogP contribution in [0.5, 0.6) is 0 Å². The average molecular weight is 226 g/mol. The van der Waals surface area contributed by atoms with Gasteiger partial charge in [-0.15, -0.1) is 0 Å². The highest BCUT2D eigenvalue weighted by Crippen LogP contribution is 2.30. The van der Waals surface area contributed by atoms with Gasteiger partial charge in [0.1, 0.15) is 0 Å². The smallest absolute Gasteiger partial charge is 0.248 e. The van der Waals surface area contributed by atoms with Crippen molar-refractivity contribution in [2.24, 2.45) is 5.73 Å². The van der Waals surface area contributed by atoms with E-state index >= 15 is 0 Å². The van der Waals surface area contributed by atoms with Gasteiger partial charge in [-0.2, -0.15) is 0 Å². The first kappa shape index (κ1) is 10.1. The fourth-order valence-electron chi connectivity index (χ4n) is 2.42. The third-order valence-corrected chi connectivity index (χ3v) is 3.40. The van der Waals surface area contributed by atoms with E-state index in [1.54, 1.807) is 6.07 Å². The van der Waals surface area contributed by atoms with Crippen LogP contribution in [0.1, 0.15) is 22.3 Å². The number of nitrogens with two attached hydrogens (primary N) is 1. The van der Waals surface area contributed by atoms with Gasteiger partial charge in [0.05, 0.1) is 0 Å². The molecule has 3 rings (SSSR count). The Hall–Kier alpha value is -2.03. The molecular weight excluding hydrogens is 212 g/mol. The maximum Gasteiger partial charge on any atom is 0.248 e. The van der Waals surface area contributed by atoms with Crippen molar-refractivity contribution < 1.29 is 4.79 Å². The molecule has 0 radical (unpaired) electrons. The molecule has 0 bridgehead atoms. The number of anilines is 1. The van der Waals surface area contributed by atoms with Crippen molar-refractivity contribution in [3.63, 3.8) is 0 Å². The highest BCUT2D eigenvalue weighted by atomic mass is 16.1. The van der Waals surface area contributed by atoms with E-state index in [0.29, 0.717) is 5.56 Å². The van der Waals surface area contributed by atoms with Crippen LogP contribution in [0, 0.1) is 0 Å². The summed E-state index contributed by atoms with van der Waals surface area (Å²) in [5.74, 6) is -0.376. The van der Waals surface area contributed by atoms with E-state index in [1.165, 1.54) is 16.7 Å². The third-order valence-electron chi connectivity index (χ3n) is 3.40. The topological polar surface area (TPSA) is 55.1 Å². The van der Waals surface area contributed by atoms with E-state index in [-0.39, 0.29) is 5.91 Å². The second kappa shape index (κ2) is 3.77. The number of nitrogens with one attached hydrogen (secondary N) is 1. The van der Waals surface area contributed by atoms with E-state index in [1.807, 2.05) is 12.1 Å². The lowest BCUT2D eigenvalue weighted by Gasteiger charge is -2.09. The zero-order valence-corrected chi connectivity index (χ0v) is 9.49. The Morgan fingerprint density at radius 2 is 2.24 bits per heavy atom. The minimum absolute atomic E-state index is 0.376. The van der Waals surface area contributed by atoms with E-state index in [4.69, 9.17) is 5.73 Å². The van der Waals surface area contributed by atoms with Gasteiger partial charge >= 0.3 is 0 Å². The summed E-state index contributed by atoms with van der Waals surface area (Å²) in [5, 5.41) is 3.39. The van der Waals surface area contributed by atoms with Crippen LogP contribution in [0.3, 0.4) is 0 Å². The van der Waals surface area contributed by atoms with Crippen molar-refractivity contribution in [2.75, 3.05) is 11.9 Å². The summed E-state index contributed by atoms with van der Waals surface area (Å²) in [6.45, 7) is 0.859. The molecule has 1 aliphatic heterocycles. The molecule has 0 saturated heterocycles. The lowest BCUT2D eigenvalue weighted by atomic mass is 10.0. The second-order valence-corrected chi connectivity index (χ2v) is 4.50. The van der Waals surface area contributed by atoms with Gasteiger partial charge < -0.3 is 11.1 Å². The highest BCUT2D eigenvalue weighted by Gasteiger charge is 2.16. The summed E-state index contributed by atoms with van der Waals surface area (Å²) < 4.78 is 0. The molecule has 1 aliphatic carbocycles. The predicted octanol–water partition coefficient (Wildman–Crippen LogP) is 2.01. The van der Waals surface area contributed by atoms with Gasteiger partial charge in [0.15, 0.2) is 0 Å². The Morgan fingerprint density at radius 3 is 3.06 bits per heavy atom. The van der Waals surface area contributed by atoms with E-state index < -0.39 is 0 Å². The lowest BCUT2D eigenvalue weighted by Crippen LogP contribution is -2.12. The van der Waals surface area contributed by atoms with Crippen molar-refractivity contribution >= 4 is 11.6 Å². The fourth-order valence-corrected chi connectivity index (χ4v) is 2.42. The molecule has 0 unspecified atom stereocenters. The van der Waals surface area contributed by atoms with Crippen LogP contribution in [0.2, 0.25) is 0 Å². The summed E-state index contributed by atoms with van der Waals surface area (Å²) in [4.78, 5) is 11.1. The molecule has 86 valence electrons. The molecule has 3 N–H and O–H groups in total. The third kappa shape index (κ3) is 1.73. The molecule has 1 amide bonds. The number of amides is 1. The quantitative estimate of drug-likeness (QED) is 0.769. The fraction of sp³-hybridized carbons (Fsp3) is 0.214. The number of primary amides is 1. The molecule has 1 aromatic carbocycles. The summed E-state index contributed by atoms with van der Waals surface area (Å²) >= 11 is 0. The number of hydrogen-bond acceptors (Lipinski definition) is 2. The summed E-state index contributed by atoms with van der Waals surface area (Å²) in [6.07, 6.45) is 6.38.